The van der Waals surface area contributed by atoms with Gasteiger partial charge in [-0.2, -0.15) is 0 Å². The van der Waals surface area contributed by atoms with Crippen LogP contribution in [0.3, 0.4) is 0 Å². The van der Waals surface area contributed by atoms with E-state index in [9.17, 15) is 8.42 Å². The van der Waals surface area contributed by atoms with Crippen molar-refractivity contribution in [2.24, 2.45) is 5.92 Å². The average Bonchev–Trinajstić information content (AvgIpc) is 2.46. The summed E-state index contributed by atoms with van der Waals surface area (Å²) in [5.74, 6) is 0.976. The molecule has 4 nitrogen and oxygen atoms in total. The molecule has 0 radical (unpaired) electrons. The normalized spacial score (nSPS) is 21.8. The Labute approximate surface area is 125 Å². The van der Waals surface area contributed by atoms with E-state index in [0.29, 0.717) is 25.2 Å². The monoisotopic (exact) mass is 304 g/mol. The second kappa shape index (κ2) is 8.35. The first kappa shape index (κ1) is 17.9. The quantitative estimate of drug-likeness (QED) is 0.750. The Balaban J connectivity index is 2.41. The Morgan fingerprint density at radius 2 is 1.75 bits per heavy atom. The van der Waals surface area contributed by atoms with E-state index in [4.69, 9.17) is 0 Å². The summed E-state index contributed by atoms with van der Waals surface area (Å²) in [5, 5.41) is 3.74. The van der Waals surface area contributed by atoms with Crippen LogP contribution in [0.4, 0.5) is 0 Å². The molecule has 5 heteroatoms. The molecule has 0 bridgehead atoms. The van der Waals surface area contributed by atoms with Crippen LogP contribution >= 0.6 is 0 Å². The van der Waals surface area contributed by atoms with Crippen LogP contribution in [-0.4, -0.2) is 43.6 Å². The van der Waals surface area contributed by atoms with Crippen LogP contribution in [0.5, 0.6) is 0 Å². The molecule has 0 amide bonds. The summed E-state index contributed by atoms with van der Waals surface area (Å²) in [6.45, 7) is 9.85. The number of hydrogen-bond donors (Lipinski definition) is 1. The topological polar surface area (TPSA) is 49.4 Å². The van der Waals surface area contributed by atoms with E-state index in [-0.39, 0.29) is 5.75 Å². The van der Waals surface area contributed by atoms with Gasteiger partial charge in [0.2, 0.25) is 10.0 Å². The molecule has 0 aromatic rings. The smallest absolute Gasteiger partial charge is 0.213 e. The molecule has 1 rings (SSSR count). The number of rotatable bonds is 8. The van der Waals surface area contributed by atoms with Crippen molar-refractivity contribution in [2.45, 2.75) is 71.9 Å². The standard InChI is InChI=1S/C15H32N2O2S/c1-5-13(4)12-14(6-2)16-15-8-10-17(11-9-15)20(18,19)7-3/h13-16H,5-12H2,1-4H3. The molecule has 1 fully saturated rings. The predicted octanol–water partition coefficient (Wildman–Crippen LogP) is 2.60. The molecule has 0 aromatic carbocycles. The second-order valence-corrected chi connectivity index (χ2v) is 8.35. The Hall–Kier alpha value is -0.130. The minimum atomic E-state index is -3.00. The Bertz CT molecular complexity index is 362. The van der Waals surface area contributed by atoms with E-state index in [1.807, 2.05) is 0 Å². The van der Waals surface area contributed by atoms with Gasteiger partial charge in [0, 0.05) is 25.2 Å². The molecule has 1 N–H and O–H groups in total. The first-order valence-electron chi connectivity index (χ1n) is 8.16. The van der Waals surface area contributed by atoms with Gasteiger partial charge in [0.1, 0.15) is 0 Å². The third-order valence-corrected chi connectivity index (χ3v) is 6.44. The summed E-state index contributed by atoms with van der Waals surface area (Å²) in [7, 11) is -3.00. The molecular formula is C15H32N2O2S. The summed E-state index contributed by atoms with van der Waals surface area (Å²) in [6, 6.07) is 1.05. The van der Waals surface area contributed by atoms with Crippen molar-refractivity contribution in [3.63, 3.8) is 0 Å². The van der Waals surface area contributed by atoms with Crippen LogP contribution in [0.2, 0.25) is 0 Å². The molecular weight excluding hydrogens is 272 g/mol. The van der Waals surface area contributed by atoms with Gasteiger partial charge in [0.25, 0.3) is 0 Å². The van der Waals surface area contributed by atoms with Crippen LogP contribution in [0.1, 0.15) is 59.8 Å². The van der Waals surface area contributed by atoms with Crippen molar-refractivity contribution in [1.29, 1.82) is 0 Å². The summed E-state index contributed by atoms with van der Waals surface area (Å²) in [4.78, 5) is 0. The van der Waals surface area contributed by atoms with Crippen molar-refractivity contribution in [1.82, 2.24) is 9.62 Å². The van der Waals surface area contributed by atoms with E-state index in [1.165, 1.54) is 12.8 Å². The van der Waals surface area contributed by atoms with Gasteiger partial charge in [-0.3, -0.25) is 0 Å². The van der Waals surface area contributed by atoms with E-state index in [0.717, 1.165) is 25.2 Å². The van der Waals surface area contributed by atoms with E-state index >= 15 is 0 Å². The average molecular weight is 305 g/mol. The number of hydrogen-bond acceptors (Lipinski definition) is 3. The zero-order valence-electron chi connectivity index (χ0n) is 13.6. The summed E-state index contributed by atoms with van der Waals surface area (Å²) >= 11 is 0. The number of piperidine rings is 1. The highest BCUT2D eigenvalue weighted by Crippen LogP contribution is 2.18. The second-order valence-electron chi connectivity index (χ2n) is 6.09. The van der Waals surface area contributed by atoms with E-state index in [2.05, 4.69) is 26.1 Å². The zero-order valence-corrected chi connectivity index (χ0v) is 14.4. The Morgan fingerprint density at radius 3 is 2.20 bits per heavy atom. The molecule has 1 heterocycles. The van der Waals surface area contributed by atoms with Gasteiger partial charge in [-0.15, -0.1) is 0 Å². The molecule has 0 aliphatic carbocycles. The maximum Gasteiger partial charge on any atom is 0.213 e. The van der Waals surface area contributed by atoms with Crippen molar-refractivity contribution in [3.05, 3.63) is 0 Å². The highest BCUT2D eigenvalue weighted by molar-refractivity contribution is 7.89. The fourth-order valence-electron chi connectivity index (χ4n) is 2.82. The van der Waals surface area contributed by atoms with Gasteiger partial charge in [-0.05, 0) is 38.5 Å². The first-order chi connectivity index (χ1) is 9.42. The molecule has 120 valence electrons. The first-order valence-corrected chi connectivity index (χ1v) is 9.77. The Kier molecular flexibility index (Phi) is 7.48. The lowest BCUT2D eigenvalue weighted by Gasteiger charge is -2.34. The van der Waals surface area contributed by atoms with Crippen molar-refractivity contribution < 1.29 is 8.42 Å². The summed E-state index contributed by atoms with van der Waals surface area (Å²) in [5.41, 5.74) is 0. The van der Waals surface area contributed by atoms with Crippen LogP contribution in [0.15, 0.2) is 0 Å². The number of nitrogens with zero attached hydrogens (tertiary/aromatic N) is 1. The minimum Gasteiger partial charge on any atom is -0.311 e. The maximum atomic E-state index is 11.8. The lowest BCUT2D eigenvalue weighted by atomic mass is 9.96. The van der Waals surface area contributed by atoms with Gasteiger partial charge < -0.3 is 5.32 Å². The third-order valence-electron chi connectivity index (χ3n) is 4.56. The van der Waals surface area contributed by atoms with E-state index < -0.39 is 10.0 Å². The van der Waals surface area contributed by atoms with Crippen LogP contribution in [0.25, 0.3) is 0 Å². The molecule has 2 unspecified atom stereocenters. The van der Waals surface area contributed by atoms with Crippen molar-refractivity contribution in [3.8, 4) is 0 Å². The minimum absolute atomic E-state index is 0.219. The molecule has 0 saturated carbocycles. The molecule has 20 heavy (non-hydrogen) atoms. The summed E-state index contributed by atoms with van der Waals surface area (Å²) in [6.07, 6.45) is 5.48. The predicted molar refractivity (Wildman–Crippen MR) is 85.3 cm³/mol. The van der Waals surface area contributed by atoms with Crippen molar-refractivity contribution in [2.75, 3.05) is 18.8 Å². The van der Waals surface area contributed by atoms with Crippen LogP contribution < -0.4 is 5.32 Å². The molecule has 2 atom stereocenters. The maximum absolute atomic E-state index is 11.8. The number of sulfonamides is 1. The van der Waals surface area contributed by atoms with Gasteiger partial charge in [-0.1, -0.05) is 27.2 Å². The fraction of sp³-hybridized carbons (Fsp3) is 1.00. The largest absolute Gasteiger partial charge is 0.311 e. The SMILES string of the molecule is CCC(C)CC(CC)NC1CCN(S(=O)(=O)CC)CC1. The fourth-order valence-corrected chi connectivity index (χ4v) is 3.95. The highest BCUT2D eigenvalue weighted by atomic mass is 32.2. The number of nitrogens with one attached hydrogen (secondary N) is 1. The van der Waals surface area contributed by atoms with Gasteiger partial charge in [0.05, 0.1) is 5.75 Å². The van der Waals surface area contributed by atoms with Gasteiger partial charge in [0.15, 0.2) is 0 Å². The zero-order chi connectivity index (χ0) is 15.2. The lowest BCUT2D eigenvalue weighted by Crippen LogP contribution is -2.48. The van der Waals surface area contributed by atoms with Crippen LogP contribution in [-0.2, 0) is 10.0 Å². The third kappa shape index (κ3) is 5.34. The molecule has 1 aliphatic rings. The molecule has 0 spiro atoms. The van der Waals surface area contributed by atoms with Gasteiger partial charge >= 0.3 is 0 Å². The van der Waals surface area contributed by atoms with Crippen LogP contribution in [0, 0.1) is 5.92 Å². The molecule has 0 aromatic heterocycles. The molecule has 1 aliphatic heterocycles. The molecule has 1 saturated heterocycles. The van der Waals surface area contributed by atoms with E-state index in [1.54, 1.807) is 11.2 Å². The highest BCUT2D eigenvalue weighted by Gasteiger charge is 2.27. The lowest BCUT2D eigenvalue weighted by molar-refractivity contribution is 0.257. The van der Waals surface area contributed by atoms with Gasteiger partial charge in [-0.25, -0.2) is 12.7 Å². The van der Waals surface area contributed by atoms with Crippen molar-refractivity contribution >= 4 is 10.0 Å². The Morgan fingerprint density at radius 1 is 1.15 bits per heavy atom. The summed E-state index contributed by atoms with van der Waals surface area (Å²) < 4.78 is 25.3.